The number of nitrogens with one attached hydrogen (secondary N) is 3. The summed E-state index contributed by atoms with van der Waals surface area (Å²) in [5.41, 5.74) is 12.4. The van der Waals surface area contributed by atoms with Crippen LogP contribution in [0.3, 0.4) is 0 Å². The molecule has 1 saturated carbocycles. The fraction of sp³-hybridized carbons (Fsp3) is 0.488. The lowest BCUT2D eigenvalue weighted by atomic mass is 9.70. The molecular weight excluding hydrogens is 847 g/mol. The van der Waals surface area contributed by atoms with Crippen LogP contribution in [0.4, 0.5) is 37.6 Å². The molecule has 4 aromatic rings. The van der Waals surface area contributed by atoms with Gasteiger partial charge in [0.2, 0.25) is 17.5 Å². The molecule has 4 fully saturated rings. The lowest BCUT2D eigenvalue weighted by Crippen LogP contribution is -2.59. The van der Waals surface area contributed by atoms with Crippen LogP contribution in [0.25, 0.3) is 0 Å². The number of hydrogen-bond acceptors (Lipinski definition) is 12. The predicted octanol–water partition coefficient (Wildman–Crippen LogP) is 7.76. The van der Waals surface area contributed by atoms with E-state index in [1.807, 2.05) is 52.3 Å². The smallest absolute Gasteiger partial charge is 0.245 e. The average molecular weight is 901 g/mol. The largest absolute Gasteiger partial charge is 0.381 e. The van der Waals surface area contributed by atoms with E-state index in [-0.39, 0.29) is 52.6 Å². The Balaban J connectivity index is 0.000000175. The molecular formula is C43H54Cl3F2N11O2. The molecule has 2 aromatic heterocycles. The third-order valence-electron chi connectivity index (χ3n) is 12.1. The Kier molecular flexibility index (Phi) is 16.2. The Morgan fingerprint density at radius 2 is 1.39 bits per heavy atom. The van der Waals surface area contributed by atoms with Crippen molar-refractivity contribution in [1.29, 1.82) is 0 Å². The van der Waals surface area contributed by atoms with Crippen molar-refractivity contribution in [2.24, 2.45) is 23.7 Å². The van der Waals surface area contributed by atoms with Crippen molar-refractivity contribution in [1.82, 2.24) is 30.2 Å². The molecule has 4 aliphatic rings. The molecule has 2 aromatic carbocycles. The molecule has 1 aliphatic carbocycles. The Bertz CT molecular complexity index is 2100. The van der Waals surface area contributed by atoms with Crippen molar-refractivity contribution in [3.05, 3.63) is 88.0 Å². The van der Waals surface area contributed by atoms with Crippen molar-refractivity contribution < 1.29 is 18.4 Å². The van der Waals surface area contributed by atoms with E-state index in [0.29, 0.717) is 53.2 Å². The number of halogens is 5. The molecule has 8 rings (SSSR count). The van der Waals surface area contributed by atoms with E-state index in [9.17, 15) is 18.4 Å². The van der Waals surface area contributed by atoms with Gasteiger partial charge < -0.3 is 37.2 Å². The number of aromatic nitrogens is 4. The zero-order valence-corrected chi connectivity index (χ0v) is 36.6. The second-order valence-electron chi connectivity index (χ2n) is 16.2. The van der Waals surface area contributed by atoms with Crippen LogP contribution in [0.1, 0.15) is 58.8 Å². The zero-order valence-electron chi connectivity index (χ0n) is 34.3. The number of benzene rings is 2. The number of nitrogens with zero attached hydrogens (tertiary/aromatic N) is 6. The molecule has 61 heavy (non-hydrogen) atoms. The Labute approximate surface area is 370 Å². The quantitative estimate of drug-likeness (QED) is 0.114. The molecule has 5 heterocycles. The van der Waals surface area contributed by atoms with E-state index >= 15 is 0 Å². The van der Waals surface area contributed by atoms with Gasteiger partial charge in [0.25, 0.3) is 0 Å². The first-order valence-electron chi connectivity index (χ1n) is 20.8. The minimum Gasteiger partial charge on any atom is -0.381 e. The summed E-state index contributed by atoms with van der Waals surface area (Å²) in [5.74, 6) is 0.559. The molecule has 3 aliphatic heterocycles. The highest BCUT2D eigenvalue weighted by molar-refractivity contribution is 6.31. The zero-order chi connectivity index (χ0) is 43.6. The second-order valence-corrected chi connectivity index (χ2v) is 17.4. The second kappa shape index (κ2) is 21.5. The number of carbonyl (C=O) groups excluding carboxylic acids is 2. The van der Waals surface area contributed by atoms with Crippen LogP contribution in [0, 0.1) is 35.3 Å². The number of hydrogen-bond donors (Lipinski definition) is 5. The van der Waals surface area contributed by atoms with E-state index in [1.54, 1.807) is 6.07 Å². The number of rotatable bonds is 7. The first-order valence-corrected chi connectivity index (χ1v) is 22.0. The normalized spacial score (nSPS) is 25.4. The van der Waals surface area contributed by atoms with Crippen LogP contribution < -0.4 is 32.3 Å². The SMILES string of the molecule is C[C@H]1CCN(c2ncnc(N)c2F)C[C@@H]1N1CCCC(Nc2cccc(Cl)c2)C1=O.C[C@H]1CCNC[C@@H]1C1CCCC(Nc2cccc(Cl)c2)C1=O.Nc1ncnc(Cl)c1F. The number of anilines is 5. The van der Waals surface area contributed by atoms with Gasteiger partial charge in [-0.15, -0.1) is 0 Å². The summed E-state index contributed by atoms with van der Waals surface area (Å²) >= 11 is 17.3. The number of Topliss-reactive ketones (excluding diaryl/α,β-unsaturated/α-hetero) is 1. The Morgan fingerprint density at radius 1 is 0.754 bits per heavy atom. The number of nitrogen functional groups attached to an aromatic ring is 2. The summed E-state index contributed by atoms with van der Waals surface area (Å²) in [5, 5.41) is 11.3. The maximum atomic E-state index is 14.5. The number of carbonyl (C=O) groups is 2. The van der Waals surface area contributed by atoms with Crippen molar-refractivity contribution in [2.75, 3.05) is 59.7 Å². The van der Waals surface area contributed by atoms with E-state index in [0.717, 1.165) is 69.3 Å². The first kappa shape index (κ1) is 45.9. The molecule has 7 atom stereocenters. The fourth-order valence-corrected chi connectivity index (χ4v) is 9.25. The van der Waals surface area contributed by atoms with Gasteiger partial charge in [0.05, 0.1) is 12.1 Å². The van der Waals surface area contributed by atoms with Crippen LogP contribution >= 0.6 is 34.8 Å². The Hall–Kier alpha value is -4.57. The molecule has 18 heteroatoms. The van der Waals surface area contributed by atoms with E-state index < -0.39 is 11.6 Å². The highest BCUT2D eigenvalue weighted by Crippen LogP contribution is 2.36. The first-order chi connectivity index (χ1) is 29.3. The van der Waals surface area contributed by atoms with E-state index in [2.05, 4.69) is 49.7 Å². The fourth-order valence-electron chi connectivity index (χ4n) is 8.73. The van der Waals surface area contributed by atoms with Crippen molar-refractivity contribution in [3.8, 4) is 0 Å². The lowest BCUT2D eigenvalue weighted by Gasteiger charge is -2.46. The molecule has 13 nitrogen and oxygen atoms in total. The van der Waals surface area contributed by atoms with E-state index in [1.165, 1.54) is 12.7 Å². The summed E-state index contributed by atoms with van der Waals surface area (Å²) in [4.78, 5) is 44.6. The van der Waals surface area contributed by atoms with Crippen molar-refractivity contribution in [3.63, 3.8) is 0 Å². The van der Waals surface area contributed by atoms with Gasteiger partial charge >= 0.3 is 0 Å². The summed E-state index contributed by atoms with van der Waals surface area (Å²) in [6.07, 6.45) is 9.16. The standard InChI is InChI=1S/C21H26ClFN6O.C18H25ClN2O.C4H3ClFN3/c1-13-7-9-28(20-18(23)19(24)25-12-26-20)11-17(13)29-8-3-6-16(21(29)30)27-15-5-2-4-14(22)10-15;1-12-8-9-20-11-16(12)15-6-3-7-17(18(15)22)21-14-5-2-4-13(19)10-14;5-3-2(6)4(7)9-1-8-3/h2,4-5,10,12-13,16-17,27H,3,6-9,11H2,1H3,(H2,24,25,26);2,4-5,10,12,15-17,20-21H,3,6-9,11H2,1H3;1H,(H2,7,8,9)/t13-,16?,17-;12-,15?,16-,17?;/m00./s1. The number of likely N-dealkylation sites (tertiary alicyclic amines) is 1. The summed E-state index contributed by atoms with van der Waals surface area (Å²) in [6, 6.07) is 14.7. The van der Waals surface area contributed by atoms with Gasteiger partial charge in [0.1, 0.15) is 18.7 Å². The van der Waals surface area contributed by atoms with Crippen molar-refractivity contribution >= 4 is 75.3 Å². The average Bonchev–Trinajstić information content (AvgIpc) is 3.24. The van der Waals surface area contributed by atoms with Crippen LogP contribution in [0.15, 0.2) is 61.2 Å². The lowest BCUT2D eigenvalue weighted by molar-refractivity contribution is -0.138. The molecule has 328 valence electrons. The maximum Gasteiger partial charge on any atom is 0.245 e. The summed E-state index contributed by atoms with van der Waals surface area (Å²) in [6.45, 7) is 8.40. The number of ketones is 1. The van der Waals surface area contributed by atoms with Crippen LogP contribution in [-0.4, -0.2) is 87.4 Å². The van der Waals surface area contributed by atoms with Gasteiger partial charge in [-0.2, -0.15) is 8.78 Å². The van der Waals surface area contributed by atoms with Crippen LogP contribution in [0.2, 0.25) is 15.2 Å². The van der Waals surface area contributed by atoms with Gasteiger partial charge in [-0.05, 0) is 106 Å². The van der Waals surface area contributed by atoms with Gasteiger partial charge in [-0.25, -0.2) is 19.9 Å². The molecule has 0 bridgehead atoms. The Morgan fingerprint density at radius 3 is 2.03 bits per heavy atom. The maximum absolute atomic E-state index is 14.5. The molecule has 0 spiro atoms. The van der Waals surface area contributed by atoms with Gasteiger partial charge in [-0.1, -0.05) is 67.2 Å². The molecule has 3 saturated heterocycles. The van der Waals surface area contributed by atoms with Gasteiger partial charge in [0.15, 0.2) is 28.4 Å². The highest BCUT2D eigenvalue weighted by atomic mass is 35.5. The number of nitrogens with two attached hydrogens (primary N) is 2. The minimum absolute atomic E-state index is 0.0224. The highest BCUT2D eigenvalue weighted by Gasteiger charge is 2.40. The van der Waals surface area contributed by atoms with Gasteiger partial charge in [-0.3, -0.25) is 9.59 Å². The molecule has 7 N–H and O–H groups in total. The predicted molar refractivity (Wildman–Crippen MR) is 239 cm³/mol. The molecule has 1 amide bonds. The summed E-state index contributed by atoms with van der Waals surface area (Å²) in [7, 11) is 0. The summed E-state index contributed by atoms with van der Waals surface area (Å²) < 4.78 is 26.8. The third kappa shape index (κ3) is 11.9. The minimum atomic E-state index is -0.765. The van der Waals surface area contributed by atoms with Crippen LogP contribution in [0.5, 0.6) is 0 Å². The van der Waals surface area contributed by atoms with Crippen LogP contribution in [-0.2, 0) is 9.59 Å². The van der Waals surface area contributed by atoms with E-state index in [4.69, 9.17) is 46.3 Å². The van der Waals surface area contributed by atoms with Crippen molar-refractivity contribution in [2.45, 2.75) is 76.9 Å². The number of amides is 1. The van der Waals surface area contributed by atoms with Gasteiger partial charge in [0, 0.05) is 47.0 Å². The molecule has 3 unspecified atom stereocenters. The monoisotopic (exact) mass is 899 g/mol. The number of piperidine rings is 3. The molecule has 0 radical (unpaired) electrons. The third-order valence-corrected chi connectivity index (χ3v) is 12.8. The topological polar surface area (TPSA) is 180 Å².